The minimum absolute atomic E-state index is 0.0380. The molecule has 0 aliphatic carbocycles. The molecule has 6 nitrogen and oxygen atoms in total. The Morgan fingerprint density at radius 1 is 1.18 bits per heavy atom. The average molecular weight is 408 g/mol. The highest BCUT2D eigenvalue weighted by atomic mass is 32.2. The standard InChI is InChI=1S/C20H25FN2O4S/c1-4-6-11-23(5-2)18-10-8-15(20(24)25)12-17(18)22-28(26,27)19-13-16(21)9-7-14(19)3/h7-10,12-13,22H,4-6,11H2,1-3H3,(H,24,25). The number of anilines is 2. The zero-order valence-electron chi connectivity index (χ0n) is 16.2. The Labute approximate surface area is 165 Å². The second-order valence-electron chi connectivity index (χ2n) is 6.49. The van der Waals surface area contributed by atoms with Crippen LogP contribution in [0.4, 0.5) is 15.8 Å². The highest BCUT2D eigenvalue weighted by molar-refractivity contribution is 7.92. The molecule has 0 saturated carbocycles. The summed E-state index contributed by atoms with van der Waals surface area (Å²) in [5, 5.41) is 9.29. The van der Waals surface area contributed by atoms with E-state index >= 15 is 0 Å². The Hall–Kier alpha value is -2.61. The first-order chi connectivity index (χ1) is 13.2. The van der Waals surface area contributed by atoms with Crippen molar-refractivity contribution in [3.8, 4) is 0 Å². The molecule has 2 rings (SSSR count). The summed E-state index contributed by atoms with van der Waals surface area (Å²) in [5.74, 6) is -1.82. The third-order valence-corrected chi connectivity index (χ3v) is 5.94. The lowest BCUT2D eigenvalue weighted by Gasteiger charge is -2.26. The SMILES string of the molecule is CCCCN(CC)c1ccc(C(=O)O)cc1NS(=O)(=O)c1cc(F)ccc1C. The van der Waals surface area contributed by atoms with Crippen molar-refractivity contribution in [2.75, 3.05) is 22.7 Å². The van der Waals surface area contributed by atoms with Gasteiger partial charge < -0.3 is 10.0 Å². The third-order valence-electron chi connectivity index (χ3n) is 4.43. The molecule has 0 aliphatic rings. The lowest BCUT2D eigenvalue weighted by atomic mass is 10.1. The van der Waals surface area contributed by atoms with Gasteiger partial charge in [0.05, 0.1) is 21.8 Å². The number of nitrogens with zero attached hydrogens (tertiary/aromatic N) is 1. The van der Waals surface area contributed by atoms with E-state index in [1.165, 1.54) is 24.3 Å². The first-order valence-corrected chi connectivity index (χ1v) is 10.6. The van der Waals surface area contributed by atoms with Gasteiger partial charge in [-0.05, 0) is 56.2 Å². The quantitative estimate of drug-likeness (QED) is 0.647. The predicted molar refractivity (Wildman–Crippen MR) is 108 cm³/mol. The van der Waals surface area contributed by atoms with Gasteiger partial charge >= 0.3 is 5.97 Å². The molecule has 0 atom stereocenters. The number of carbonyl (C=O) groups is 1. The topological polar surface area (TPSA) is 86.7 Å². The van der Waals surface area contributed by atoms with E-state index in [-0.39, 0.29) is 16.1 Å². The molecule has 0 aliphatic heterocycles. The molecule has 0 amide bonds. The van der Waals surface area contributed by atoms with Crippen LogP contribution in [0.3, 0.4) is 0 Å². The largest absolute Gasteiger partial charge is 0.478 e. The summed E-state index contributed by atoms with van der Waals surface area (Å²) in [6, 6.07) is 7.86. The van der Waals surface area contributed by atoms with Crippen molar-refractivity contribution < 1.29 is 22.7 Å². The lowest BCUT2D eigenvalue weighted by molar-refractivity contribution is 0.0697. The van der Waals surface area contributed by atoms with Crippen molar-refractivity contribution in [1.82, 2.24) is 0 Å². The van der Waals surface area contributed by atoms with E-state index in [4.69, 9.17) is 0 Å². The molecule has 0 aromatic heterocycles. The predicted octanol–water partition coefficient (Wildman–Crippen LogP) is 4.26. The maximum atomic E-state index is 13.6. The van der Waals surface area contributed by atoms with Crippen molar-refractivity contribution in [3.05, 3.63) is 53.3 Å². The van der Waals surface area contributed by atoms with Crippen LogP contribution in [0, 0.1) is 12.7 Å². The minimum Gasteiger partial charge on any atom is -0.478 e. The van der Waals surface area contributed by atoms with Crippen LogP contribution in [0.2, 0.25) is 0 Å². The summed E-state index contributed by atoms with van der Waals surface area (Å²) in [6.07, 6.45) is 1.87. The van der Waals surface area contributed by atoms with Gasteiger partial charge in [-0.3, -0.25) is 4.72 Å². The molecule has 152 valence electrons. The Kier molecular flexibility index (Phi) is 7.01. The zero-order chi connectivity index (χ0) is 20.9. The average Bonchev–Trinajstić information content (AvgIpc) is 2.64. The van der Waals surface area contributed by atoms with E-state index in [1.54, 1.807) is 13.0 Å². The summed E-state index contributed by atoms with van der Waals surface area (Å²) in [6.45, 7) is 6.89. The lowest BCUT2D eigenvalue weighted by Crippen LogP contribution is -2.26. The van der Waals surface area contributed by atoms with Crippen LogP contribution < -0.4 is 9.62 Å². The highest BCUT2D eigenvalue weighted by Gasteiger charge is 2.22. The number of sulfonamides is 1. The summed E-state index contributed by atoms with van der Waals surface area (Å²) in [4.78, 5) is 13.2. The first-order valence-electron chi connectivity index (χ1n) is 9.10. The Morgan fingerprint density at radius 2 is 1.89 bits per heavy atom. The van der Waals surface area contributed by atoms with E-state index in [2.05, 4.69) is 11.6 Å². The third kappa shape index (κ3) is 5.01. The maximum Gasteiger partial charge on any atom is 0.335 e. The van der Waals surface area contributed by atoms with Crippen molar-refractivity contribution in [2.24, 2.45) is 0 Å². The second kappa shape index (κ2) is 9.05. The van der Waals surface area contributed by atoms with Crippen LogP contribution >= 0.6 is 0 Å². The molecular weight excluding hydrogens is 383 g/mol. The Balaban J connectivity index is 2.53. The Morgan fingerprint density at radius 3 is 2.50 bits per heavy atom. The molecule has 0 fully saturated rings. The number of halogens is 1. The van der Waals surface area contributed by atoms with Gasteiger partial charge in [0.2, 0.25) is 0 Å². The summed E-state index contributed by atoms with van der Waals surface area (Å²) in [7, 11) is -4.10. The summed E-state index contributed by atoms with van der Waals surface area (Å²) >= 11 is 0. The molecule has 0 saturated heterocycles. The van der Waals surface area contributed by atoms with E-state index in [0.717, 1.165) is 18.9 Å². The highest BCUT2D eigenvalue weighted by Crippen LogP contribution is 2.30. The van der Waals surface area contributed by atoms with Crippen LogP contribution in [0.15, 0.2) is 41.3 Å². The Bertz CT molecular complexity index is 961. The normalized spacial score (nSPS) is 11.3. The molecule has 8 heteroatoms. The molecule has 0 spiro atoms. The number of aromatic carboxylic acids is 1. The fourth-order valence-electron chi connectivity index (χ4n) is 2.89. The maximum absolute atomic E-state index is 13.6. The van der Waals surface area contributed by atoms with Gasteiger partial charge in [0, 0.05) is 13.1 Å². The van der Waals surface area contributed by atoms with Crippen LogP contribution in [-0.2, 0) is 10.0 Å². The number of nitrogens with one attached hydrogen (secondary N) is 1. The number of benzene rings is 2. The molecule has 2 N–H and O–H groups in total. The zero-order valence-corrected chi connectivity index (χ0v) is 17.0. The van der Waals surface area contributed by atoms with Crippen LogP contribution in [0.1, 0.15) is 42.6 Å². The van der Waals surface area contributed by atoms with Gasteiger partial charge in [-0.15, -0.1) is 0 Å². The van der Waals surface area contributed by atoms with Crippen LogP contribution in [0.25, 0.3) is 0 Å². The molecule has 0 bridgehead atoms. The number of aryl methyl sites for hydroxylation is 1. The molecular formula is C20H25FN2O4S. The minimum atomic E-state index is -4.10. The number of hydrogen-bond donors (Lipinski definition) is 2. The molecule has 0 heterocycles. The van der Waals surface area contributed by atoms with E-state index in [1.807, 2.05) is 11.8 Å². The first kappa shape index (κ1) is 21.7. The monoisotopic (exact) mass is 408 g/mol. The molecule has 0 unspecified atom stereocenters. The smallest absolute Gasteiger partial charge is 0.335 e. The number of rotatable bonds is 9. The van der Waals surface area contributed by atoms with Crippen molar-refractivity contribution >= 4 is 27.4 Å². The number of carboxylic acid groups (broad SMARTS) is 1. The van der Waals surface area contributed by atoms with Crippen molar-refractivity contribution in [1.29, 1.82) is 0 Å². The van der Waals surface area contributed by atoms with Gasteiger partial charge in [-0.1, -0.05) is 19.4 Å². The van der Waals surface area contributed by atoms with Crippen LogP contribution in [-0.4, -0.2) is 32.6 Å². The second-order valence-corrected chi connectivity index (χ2v) is 8.14. The fraction of sp³-hybridized carbons (Fsp3) is 0.350. The number of unbranched alkanes of at least 4 members (excludes halogenated alkanes) is 1. The molecule has 0 radical (unpaired) electrons. The fourth-order valence-corrected chi connectivity index (χ4v) is 4.21. The van der Waals surface area contributed by atoms with Crippen molar-refractivity contribution in [3.63, 3.8) is 0 Å². The van der Waals surface area contributed by atoms with E-state index in [0.29, 0.717) is 24.3 Å². The van der Waals surface area contributed by atoms with E-state index in [9.17, 15) is 22.7 Å². The summed E-state index contributed by atoms with van der Waals surface area (Å²) in [5.41, 5.74) is 1.09. The number of hydrogen-bond acceptors (Lipinski definition) is 4. The van der Waals surface area contributed by atoms with Crippen molar-refractivity contribution in [2.45, 2.75) is 38.5 Å². The summed E-state index contributed by atoms with van der Waals surface area (Å²) < 4.78 is 41.8. The number of carboxylic acids is 1. The van der Waals surface area contributed by atoms with Gasteiger partial charge in [-0.2, -0.15) is 0 Å². The van der Waals surface area contributed by atoms with Gasteiger partial charge in [0.1, 0.15) is 5.82 Å². The van der Waals surface area contributed by atoms with Crippen LogP contribution in [0.5, 0.6) is 0 Å². The van der Waals surface area contributed by atoms with Gasteiger partial charge in [-0.25, -0.2) is 17.6 Å². The molecule has 2 aromatic rings. The molecule has 28 heavy (non-hydrogen) atoms. The molecule has 2 aromatic carbocycles. The van der Waals surface area contributed by atoms with E-state index < -0.39 is 21.8 Å². The van der Waals surface area contributed by atoms with Gasteiger partial charge in [0.15, 0.2) is 0 Å². The van der Waals surface area contributed by atoms with Gasteiger partial charge in [0.25, 0.3) is 10.0 Å².